The highest BCUT2D eigenvalue weighted by molar-refractivity contribution is 5.88. The maximum atomic E-state index is 12.5. The van der Waals surface area contributed by atoms with Crippen molar-refractivity contribution in [3.8, 4) is 0 Å². The quantitative estimate of drug-likeness (QED) is 0.739. The zero-order valence-corrected chi connectivity index (χ0v) is 15.9. The van der Waals surface area contributed by atoms with Crippen LogP contribution in [0.5, 0.6) is 0 Å². The summed E-state index contributed by atoms with van der Waals surface area (Å²) in [6, 6.07) is -0.444. The molecule has 140 valence electrons. The summed E-state index contributed by atoms with van der Waals surface area (Å²) in [6.07, 6.45) is 4.45. The summed E-state index contributed by atoms with van der Waals surface area (Å²) in [4.78, 5) is 28.4. The van der Waals surface area contributed by atoms with Crippen LogP contribution in [0.2, 0.25) is 0 Å². The fraction of sp³-hybridized carbons (Fsp3) is 0.722. The van der Waals surface area contributed by atoms with E-state index in [1.54, 1.807) is 9.80 Å². The first-order valence-corrected chi connectivity index (χ1v) is 9.25. The third-order valence-electron chi connectivity index (χ3n) is 4.97. The van der Waals surface area contributed by atoms with Gasteiger partial charge < -0.3 is 15.1 Å². The molecule has 0 aliphatic carbocycles. The number of unbranched alkanes of at least 4 members (excludes halogenated alkanes) is 1. The summed E-state index contributed by atoms with van der Waals surface area (Å²) in [5.74, 6) is 0.0551. The van der Waals surface area contributed by atoms with Crippen molar-refractivity contribution in [2.45, 2.75) is 58.9 Å². The van der Waals surface area contributed by atoms with Crippen LogP contribution in [0, 0.1) is 13.8 Å². The molecule has 0 bridgehead atoms. The van der Waals surface area contributed by atoms with Gasteiger partial charge in [-0.3, -0.25) is 9.89 Å². The number of carbonyl (C=O) groups is 2. The normalized spacial score (nSPS) is 17.9. The van der Waals surface area contributed by atoms with E-state index < -0.39 is 0 Å². The molecule has 0 radical (unpaired) electrons. The molecule has 0 spiro atoms. The Balaban J connectivity index is 1.84. The van der Waals surface area contributed by atoms with Gasteiger partial charge in [-0.15, -0.1) is 0 Å². The molecule has 1 aliphatic heterocycles. The van der Waals surface area contributed by atoms with Crippen LogP contribution in [-0.2, 0) is 11.2 Å². The van der Waals surface area contributed by atoms with Gasteiger partial charge in [0.1, 0.15) is 6.04 Å². The van der Waals surface area contributed by atoms with Gasteiger partial charge in [-0.25, -0.2) is 4.79 Å². The van der Waals surface area contributed by atoms with Crippen molar-refractivity contribution in [3.63, 3.8) is 0 Å². The van der Waals surface area contributed by atoms with Gasteiger partial charge in [0.15, 0.2) is 0 Å². The summed E-state index contributed by atoms with van der Waals surface area (Å²) < 4.78 is 0. The Bertz CT molecular complexity index is 579. The first kappa shape index (κ1) is 19.3. The van der Waals surface area contributed by atoms with Crippen LogP contribution in [0.15, 0.2) is 0 Å². The monoisotopic (exact) mass is 349 g/mol. The average molecular weight is 349 g/mol. The van der Waals surface area contributed by atoms with Crippen LogP contribution >= 0.6 is 0 Å². The Morgan fingerprint density at radius 3 is 2.72 bits per heavy atom. The fourth-order valence-corrected chi connectivity index (χ4v) is 3.34. The second-order valence-corrected chi connectivity index (χ2v) is 6.86. The number of amides is 3. The number of rotatable bonds is 7. The molecule has 1 fully saturated rings. The van der Waals surface area contributed by atoms with Crippen molar-refractivity contribution in [3.05, 3.63) is 17.0 Å². The molecule has 2 rings (SSSR count). The Kier molecular flexibility index (Phi) is 6.84. The third kappa shape index (κ3) is 4.74. The van der Waals surface area contributed by atoms with E-state index in [1.165, 1.54) is 5.56 Å². The number of hydrogen-bond acceptors (Lipinski definition) is 3. The second-order valence-electron chi connectivity index (χ2n) is 6.86. The lowest BCUT2D eigenvalue weighted by atomic mass is 10.0. The zero-order chi connectivity index (χ0) is 18.4. The van der Waals surface area contributed by atoms with E-state index in [2.05, 4.69) is 22.4 Å². The number of aryl methyl sites for hydroxylation is 2. The summed E-state index contributed by atoms with van der Waals surface area (Å²) in [6.45, 7) is 7.91. The van der Waals surface area contributed by atoms with E-state index in [9.17, 15) is 9.59 Å². The maximum absolute atomic E-state index is 12.5. The highest BCUT2D eigenvalue weighted by Crippen LogP contribution is 2.16. The van der Waals surface area contributed by atoms with Gasteiger partial charge in [0, 0.05) is 32.4 Å². The minimum atomic E-state index is -0.322. The first-order valence-electron chi connectivity index (χ1n) is 9.25. The second kappa shape index (κ2) is 8.87. The lowest BCUT2D eigenvalue weighted by molar-refractivity contribution is -0.138. The van der Waals surface area contributed by atoms with E-state index in [4.69, 9.17) is 0 Å². The molecule has 1 saturated heterocycles. The predicted molar refractivity (Wildman–Crippen MR) is 97.4 cm³/mol. The molecule has 25 heavy (non-hydrogen) atoms. The van der Waals surface area contributed by atoms with Crippen LogP contribution in [-0.4, -0.2) is 64.7 Å². The lowest BCUT2D eigenvalue weighted by Gasteiger charge is -2.39. The molecule has 1 aromatic rings. The van der Waals surface area contributed by atoms with Crippen LogP contribution in [0.25, 0.3) is 0 Å². The zero-order valence-electron chi connectivity index (χ0n) is 15.9. The highest BCUT2D eigenvalue weighted by atomic mass is 16.2. The molecule has 1 atom stereocenters. The molecule has 7 heteroatoms. The highest BCUT2D eigenvalue weighted by Gasteiger charge is 2.35. The molecule has 2 N–H and O–H groups in total. The van der Waals surface area contributed by atoms with E-state index in [1.807, 2.05) is 20.9 Å². The van der Waals surface area contributed by atoms with Gasteiger partial charge in [-0.05, 0) is 38.7 Å². The van der Waals surface area contributed by atoms with Gasteiger partial charge in [0.05, 0.1) is 5.69 Å². The number of nitrogens with one attached hydrogen (secondary N) is 2. The van der Waals surface area contributed by atoms with Crippen molar-refractivity contribution in [1.29, 1.82) is 0 Å². The summed E-state index contributed by atoms with van der Waals surface area (Å²) in [7, 11) is 1.81. The number of aromatic nitrogens is 2. The molecular weight excluding hydrogens is 318 g/mol. The molecule has 0 aromatic carbocycles. The minimum absolute atomic E-state index is 0.0551. The van der Waals surface area contributed by atoms with Crippen molar-refractivity contribution < 1.29 is 9.59 Å². The van der Waals surface area contributed by atoms with Crippen LogP contribution in [0.3, 0.4) is 0 Å². The molecule has 3 amide bonds. The number of urea groups is 1. The fourth-order valence-electron chi connectivity index (χ4n) is 3.34. The summed E-state index contributed by atoms with van der Waals surface area (Å²) >= 11 is 0. The minimum Gasteiger partial charge on any atom is -0.342 e. The number of hydrogen-bond donors (Lipinski definition) is 2. The third-order valence-corrected chi connectivity index (χ3v) is 4.97. The Hall–Kier alpha value is -2.05. The van der Waals surface area contributed by atoms with Crippen molar-refractivity contribution in [2.75, 3.05) is 26.7 Å². The van der Waals surface area contributed by atoms with Gasteiger partial charge in [-0.1, -0.05) is 19.8 Å². The molecule has 7 nitrogen and oxygen atoms in total. The number of likely N-dealkylation sites (N-methyl/N-ethyl adjacent to an activating group) is 1. The molecular formula is C18H31N5O2. The largest absolute Gasteiger partial charge is 0.342 e. The number of H-pyrrole nitrogens is 1. The van der Waals surface area contributed by atoms with Crippen molar-refractivity contribution >= 4 is 11.9 Å². The topological polar surface area (TPSA) is 81.3 Å². The summed E-state index contributed by atoms with van der Waals surface area (Å²) in [5, 5.41) is 10.2. The van der Waals surface area contributed by atoms with E-state index >= 15 is 0 Å². The molecule has 0 saturated carbocycles. The van der Waals surface area contributed by atoms with Gasteiger partial charge in [-0.2, -0.15) is 5.10 Å². The Morgan fingerprint density at radius 2 is 2.08 bits per heavy atom. The van der Waals surface area contributed by atoms with Crippen LogP contribution in [0.4, 0.5) is 4.79 Å². The smallest absolute Gasteiger partial charge is 0.318 e. The lowest BCUT2D eigenvalue weighted by Crippen LogP contribution is -2.59. The molecule has 2 heterocycles. The molecule has 1 aliphatic rings. The van der Waals surface area contributed by atoms with Gasteiger partial charge in [0.25, 0.3) is 0 Å². The van der Waals surface area contributed by atoms with E-state index in [-0.39, 0.29) is 18.0 Å². The number of nitrogens with zero attached hydrogens (tertiary/aromatic N) is 3. The number of aromatic amines is 1. The van der Waals surface area contributed by atoms with Gasteiger partial charge >= 0.3 is 6.03 Å². The molecule has 1 aromatic heterocycles. The van der Waals surface area contributed by atoms with Crippen LogP contribution < -0.4 is 5.32 Å². The Morgan fingerprint density at radius 1 is 1.32 bits per heavy atom. The van der Waals surface area contributed by atoms with Gasteiger partial charge in [0.2, 0.25) is 5.91 Å². The van der Waals surface area contributed by atoms with Crippen molar-refractivity contribution in [1.82, 2.24) is 25.3 Å². The Labute approximate surface area is 150 Å². The van der Waals surface area contributed by atoms with E-state index in [0.717, 1.165) is 43.5 Å². The average Bonchev–Trinajstić information content (AvgIpc) is 2.91. The molecule has 0 unspecified atom stereocenters. The SMILES string of the molecule is CCCC[C@@H]1C(=O)N(C)CCN1C(=O)NCCCc1c(C)n[nH]c1C. The van der Waals surface area contributed by atoms with Crippen LogP contribution in [0.1, 0.15) is 49.6 Å². The van der Waals surface area contributed by atoms with Crippen molar-refractivity contribution in [2.24, 2.45) is 0 Å². The summed E-state index contributed by atoms with van der Waals surface area (Å²) in [5.41, 5.74) is 3.34. The first-order chi connectivity index (χ1) is 12.0. The maximum Gasteiger partial charge on any atom is 0.318 e. The number of piperazine rings is 1. The number of carbonyl (C=O) groups excluding carboxylic acids is 2. The van der Waals surface area contributed by atoms with E-state index in [0.29, 0.717) is 19.6 Å². The predicted octanol–water partition coefficient (Wildman–Crippen LogP) is 2.00. The standard InChI is InChI=1S/C18H31N5O2/c1-5-6-9-16-17(24)22(4)11-12-23(16)18(25)19-10-7-8-15-13(2)20-21-14(15)3/h16H,5-12H2,1-4H3,(H,19,25)(H,20,21)/t16-/m1/s1.